The van der Waals surface area contributed by atoms with Gasteiger partial charge in [-0.25, -0.2) is 0 Å². The second-order valence-corrected chi connectivity index (χ2v) is 10.2. The Kier molecular flexibility index (Phi) is 15.9. The molecular formula is C34H52N+. The zero-order valence-electron chi connectivity index (χ0n) is 22.8. The van der Waals surface area contributed by atoms with Gasteiger partial charge in [0, 0.05) is 11.1 Å². The van der Waals surface area contributed by atoms with Gasteiger partial charge in [-0.15, -0.1) is 0 Å². The molecule has 0 bridgehead atoms. The molecule has 0 N–H and O–H groups in total. The topological polar surface area (TPSA) is 0 Å². The monoisotopic (exact) mass is 474 g/mol. The van der Waals surface area contributed by atoms with Gasteiger partial charge >= 0.3 is 0 Å². The molecule has 1 nitrogen and oxygen atoms in total. The van der Waals surface area contributed by atoms with Crippen molar-refractivity contribution in [1.82, 2.24) is 0 Å². The van der Waals surface area contributed by atoms with E-state index in [1.165, 1.54) is 92.9 Å². The first-order valence-corrected chi connectivity index (χ1v) is 14.5. The minimum absolute atomic E-state index is 1.15. The van der Waals surface area contributed by atoms with Crippen molar-refractivity contribution in [2.24, 2.45) is 0 Å². The van der Waals surface area contributed by atoms with E-state index in [9.17, 15) is 0 Å². The zero-order chi connectivity index (χ0) is 24.9. The number of hydrogen-bond acceptors (Lipinski definition) is 0. The molecule has 0 aliphatic heterocycles. The summed E-state index contributed by atoms with van der Waals surface area (Å²) in [6.07, 6.45) is 24.9. The Labute approximate surface area is 217 Å². The lowest BCUT2D eigenvalue weighted by atomic mass is 10.0. The highest BCUT2D eigenvalue weighted by Gasteiger charge is 2.27. The molecule has 0 atom stereocenters. The maximum atomic E-state index is 2.36. The van der Waals surface area contributed by atoms with Gasteiger partial charge < -0.3 is 4.48 Å². The summed E-state index contributed by atoms with van der Waals surface area (Å²) in [4.78, 5) is 0. The minimum Gasteiger partial charge on any atom is -0.316 e. The van der Waals surface area contributed by atoms with E-state index in [-0.39, 0.29) is 0 Å². The van der Waals surface area contributed by atoms with E-state index in [1.54, 1.807) is 0 Å². The number of nitrogens with zero attached hydrogens (tertiary/aromatic N) is 1. The second kappa shape index (κ2) is 19.1. The minimum atomic E-state index is 1.15. The largest absolute Gasteiger partial charge is 0.316 e. The fourth-order valence-corrected chi connectivity index (χ4v) is 5.12. The normalized spacial score (nSPS) is 12.2. The average molecular weight is 475 g/mol. The first-order valence-electron chi connectivity index (χ1n) is 14.5. The summed E-state index contributed by atoms with van der Waals surface area (Å²) in [5.41, 5.74) is 2.97. The Balaban J connectivity index is 2.01. The van der Waals surface area contributed by atoms with Crippen LogP contribution in [-0.4, -0.2) is 17.6 Å². The van der Waals surface area contributed by atoms with Crippen molar-refractivity contribution in [3.63, 3.8) is 0 Å². The summed E-state index contributed by atoms with van der Waals surface area (Å²) in [5.74, 6) is 0. The molecule has 0 saturated carbocycles. The molecule has 35 heavy (non-hydrogen) atoms. The molecule has 0 unspecified atom stereocenters. The second-order valence-electron chi connectivity index (χ2n) is 10.2. The van der Waals surface area contributed by atoms with Crippen LogP contribution in [0, 0.1) is 0 Å². The van der Waals surface area contributed by atoms with Crippen LogP contribution in [0.4, 0.5) is 0 Å². The van der Waals surface area contributed by atoms with Crippen LogP contribution in [0.3, 0.4) is 0 Å². The van der Waals surface area contributed by atoms with Gasteiger partial charge in [0.2, 0.25) is 0 Å². The van der Waals surface area contributed by atoms with Crippen LogP contribution in [0.5, 0.6) is 0 Å². The Bertz CT molecular complexity index is 720. The summed E-state index contributed by atoms with van der Waals surface area (Å²) in [6, 6.07) is 22.5. The maximum absolute atomic E-state index is 2.36. The molecule has 2 aromatic carbocycles. The number of hydrogen-bond donors (Lipinski definition) is 0. The Morgan fingerprint density at radius 2 is 0.886 bits per heavy atom. The fourth-order valence-electron chi connectivity index (χ4n) is 5.12. The van der Waals surface area contributed by atoms with Crippen LogP contribution in [0.15, 0.2) is 85.0 Å². The summed E-state index contributed by atoms with van der Waals surface area (Å²) in [6.45, 7) is 9.30. The number of rotatable bonds is 20. The van der Waals surface area contributed by atoms with E-state index < -0.39 is 0 Å². The zero-order valence-corrected chi connectivity index (χ0v) is 22.8. The van der Waals surface area contributed by atoms with E-state index in [0.717, 1.165) is 25.9 Å². The van der Waals surface area contributed by atoms with Gasteiger partial charge in [-0.1, -0.05) is 112 Å². The molecule has 0 spiro atoms. The Morgan fingerprint density at radius 1 is 0.486 bits per heavy atom. The van der Waals surface area contributed by atoms with Crippen molar-refractivity contribution in [3.8, 4) is 0 Å². The average Bonchev–Trinajstić information content (AvgIpc) is 2.88. The molecule has 0 fully saturated rings. The third-order valence-electron chi connectivity index (χ3n) is 7.03. The van der Waals surface area contributed by atoms with E-state index >= 15 is 0 Å². The highest BCUT2D eigenvalue weighted by atomic mass is 15.3. The van der Waals surface area contributed by atoms with Gasteiger partial charge in [-0.2, -0.15) is 0 Å². The molecule has 1 heteroatoms. The van der Waals surface area contributed by atoms with Gasteiger partial charge in [0.05, 0.1) is 13.1 Å². The summed E-state index contributed by atoms with van der Waals surface area (Å²) in [7, 11) is 0. The predicted molar refractivity (Wildman–Crippen MR) is 155 cm³/mol. The van der Waals surface area contributed by atoms with Crippen LogP contribution in [0.1, 0.15) is 102 Å². The van der Waals surface area contributed by atoms with E-state index in [2.05, 4.69) is 98.8 Å². The van der Waals surface area contributed by atoms with Gasteiger partial charge in [0.15, 0.2) is 0 Å². The van der Waals surface area contributed by atoms with Gasteiger partial charge in [0.1, 0.15) is 13.1 Å². The Morgan fingerprint density at radius 3 is 1.29 bits per heavy atom. The molecule has 0 amide bonds. The molecule has 2 aromatic rings. The molecule has 2 rings (SSSR count). The van der Waals surface area contributed by atoms with Crippen molar-refractivity contribution >= 4 is 0 Å². The smallest absolute Gasteiger partial charge is 0.105 e. The van der Waals surface area contributed by atoms with Crippen molar-refractivity contribution in [3.05, 3.63) is 96.1 Å². The van der Waals surface area contributed by atoms with Crippen molar-refractivity contribution in [1.29, 1.82) is 0 Å². The SMILES string of the molecule is CC/C=C/CCCCCC[N+](CCCCCC/C=C/CC)(Cc1ccccc1)Cc1ccccc1. The quantitative estimate of drug-likeness (QED) is 0.102. The van der Waals surface area contributed by atoms with Gasteiger partial charge in [-0.3, -0.25) is 0 Å². The molecule has 0 aliphatic carbocycles. The van der Waals surface area contributed by atoms with Gasteiger partial charge in [-0.05, 0) is 64.2 Å². The first-order chi connectivity index (χ1) is 17.3. The molecule has 0 aromatic heterocycles. The molecule has 0 aliphatic rings. The first kappa shape index (κ1) is 29.1. The van der Waals surface area contributed by atoms with E-state index in [0.29, 0.717) is 0 Å². The molecule has 192 valence electrons. The third kappa shape index (κ3) is 13.5. The maximum Gasteiger partial charge on any atom is 0.105 e. The lowest BCUT2D eigenvalue weighted by Gasteiger charge is -2.39. The molecule has 0 saturated heterocycles. The Hall–Kier alpha value is -2.12. The molecular weight excluding hydrogens is 422 g/mol. The number of unbranched alkanes of at least 4 members (excludes halogenated alkanes) is 8. The van der Waals surface area contributed by atoms with Crippen molar-refractivity contribution in [2.45, 2.75) is 104 Å². The fraction of sp³-hybridized carbons (Fsp3) is 0.529. The van der Waals surface area contributed by atoms with Crippen LogP contribution >= 0.6 is 0 Å². The van der Waals surface area contributed by atoms with Crippen molar-refractivity contribution in [2.75, 3.05) is 13.1 Å². The standard InChI is InChI=1S/C34H52N/c1-3-5-7-9-11-13-15-23-29-35(31-33-25-19-17-20-26-33,32-34-27-21-18-22-28-34)30-24-16-14-12-10-8-6-4-2/h5-8,17-22,25-28H,3-4,9-16,23-24,29-32H2,1-2H3/q+1/b7-5+,8-6+. The third-order valence-corrected chi connectivity index (χ3v) is 7.03. The van der Waals surface area contributed by atoms with Crippen LogP contribution < -0.4 is 0 Å². The van der Waals surface area contributed by atoms with Crippen LogP contribution in [-0.2, 0) is 13.1 Å². The molecule has 0 heterocycles. The lowest BCUT2D eigenvalue weighted by Crippen LogP contribution is -2.48. The van der Waals surface area contributed by atoms with Gasteiger partial charge in [0.25, 0.3) is 0 Å². The number of allylic oxidation sites excluding steroid dienone is 4. The number of quaternary nitrogens is 1. The molecule has 0 radical (unpaired) electrons. The number of benzene rings is 2. The summed E-state index contributed by atoms with van der Waals surface area (Å²) < 4.78 is 1.19. The highest BCUT2D eigenvalue weighted by molar-refractivity contribution is 5.15. The van der Waals surface area contributed by atoms with E-state index in [1.807, 2.05) is 0 Å². The summed E-state index contributed by atoms with van der Waals surface area (Å²) in [5, 5.41) is 0. The lowest BCUT2D eigenvalue weighted by molar-refractivity contribution is -0.954. The van der Waals surface area contributed by atoms with Crippen molar-refractivity contribution < 1.29 is 4.48 Å². The van der Waals surface area contributed by atoms with E-state index in [4.69, 9.17) is 0 Å². The summed E-state index contributed by atoms with van der Waals surface area (Å²) >= 11 is 0. The van der Waals surface area contributed by atoms with Crippen LogP contribution in [0.2, 0.25) is 0 Å². The van der Waals surface area contributed by atoms with Crippen LogP contribution in [0.25, 0.3) is 0 Å². The predicted octanol–water partition coefficient (Wildman–Crippen LogP) is 10.0. The highest BCUT2D eigenvalue weighted by Crippen LogP contribution is 2.24.